The summed E-state index contributed by atoms with van der Waals surface area (Å²) in [6.07, 6.45) is 11.1. The SMILES string of the molecule is CC(C)(C)C1CCC(Oc2ccc3cc(C=O)ccc3c2)CC1.CCOC(=O)CN(C)Cc1ccc2cc(OC3CCC(C(C)(C)C)CC3)ccc2c1.CNCC(=O)OC. The van der Waals surface area contributed by atoms with Gasteiger partial charge in [0.05, 0.1) is 39.0 Å². The Bertz CT molecular complexity index is 1960. The first-order chi connectivity index (χ1) is 28.5. The van der Waals surface area contributed by atoms with Crippen molar-refractivity contribution in [1.82, 2.24) is 10.2 Å². The van der Waals surface area contributed by atoms with Gasteiger partial charge in [-0.05, 0) is 159 Å². The van der Waals surface area contributed by atoms with Gasteiger partial charge in [-0.3, -0.25) is 19.3 Å². The molecule has 0 unspecified atom stereocenters. The molecule has 0 spiro atoms. The first-order valence-corrected chi connectivity index (χ1v) is 21.9. The number of benzene rings is 4. The fourth-order valence-electron chi connectivity index (χ4n) is 8.32. The number of nitrogens with zero attached hydrogens (tertiary/aromatic N) is 1. The molecule has 9 heteroatoms. The van der Waals surface area contributed by atoms with Gasteiger partial charge in [0.25, 0.3) is 0 Å². The lowest BCUT2D eigenvalue weighted by Gasteiger charge is -2.37. The van der Waals surface area contributed by atoms with E-state index in [9.17, 15) is 14.4 Å². The number of rotatable bonds is 12. The highest BCUT2D eigenvalue weighted by Gasteiger charge is 2.31. The quantitative estimate of drug-likeness (QED) is 0.110. The van der Waals surface area contributed by atoms with Gasteiger partial charge in [-0.1, -0.05) is 77.9 Å². The van der Waals surface area contributed by atoms with E-state index in [1.165, 1.54) is 49.1 Å². The van der Waals surface area contributed by atoms with Crippen molar-refractivity contribution < 1.29 is 33.3 Å². The van der Waals surface area contributed by atoms with Gasteiger partial charge < -0.3 is 24.3 Å². The van der Waals surface area contributed by atoms with Crippen LogP contribution in [0.3, 0.4) is 0 Å². The van der Waals surface area contributed by atoms with Gasteiger partial charge in [-0.25, -0.2) is 0 Å². The van der Waals surface area contributed by atoms with Crippen LogP contribution in [0.15, 0.2) is 72.8 Å². The summed E-state index contributed by atoms with van der Waals surface area (Å²) in [5, 5.41) is 7.23. The van der Waals surface area contributed by atoms with Crippen molar-refractivity contribution in [3.63, 3.8) is 0 Å². The lowest BCUT2D eigenvalue weighted by molar-refractivity contribution is -0.144. The second kappa shape index (κ2) is 22.9. The molecule has 2 saturated carbocycles. The highest BCUT2D eigenvalue weighted by atomic mass is 16.5. The third kappa shape index (κ3) is 15.5. The number of ether oxygens (including phenoxy) is 4. The predicted molar refractivity (Wildman–Crippen MR) is 244 cm³/mol. The number of carbonyl (C=O) groups excluding carboxylic acids is 3. The van der Waals surface area contributed by atoms with Crippen LogP contribution in [0.1, 0.15) is 116 Å². The maximum atomic E-state index is 11.6. The van der Waals surface area contributed by atoms with Gasteiger partial charge in [0.1, 0.15) is 17.8 Å². The van der Waals surface area contributed by atoms with Crippen LogP contribution in [0.5, 0.6) is 11.5 Å². The fraction of sp³-hybridized carbons (Fsp3) is 0.549. The minimum atomic E-state index is -0.234. The highest BCUT2D eigenvalue weighted by molar-refractivity contribution is 5.89. The van der Waals surface area contributed by atoms with Crippen molar-refractivity contribution in [2.24, 2.45) is 22.7 Å². The molecule has 6 rings (SSSR count). The maximum absolute atomic E-state index is 11.6. The number of nitrogens with one attached hydrogen (secondary N) is 1. The number of likely N-dealkylation sites (N-methyl/N-ethyl adjacent to an activating group) is 2. The van der Waals surface area contributed by atoms with E-state index in [0.29, 0.717) is 48.3 Å². The average Bonchev–Trinajstić information content (AvgIpc) is 3.21. The van der Waals surface area contributed by atoms with E-state index in [-0.39, 0.29) is 18.5 Å². The average molecular weight is 825 g/mol. The Hall–Kier alpha value is -4.47. The fourth-order valence-corrected chi connectivity index (χ4v) is 8.32. The molecule has 0 aromatic heterocycles. The van der Waals surface area contributed by atoms with Gasteiger partial charge in [-0.15, -0.1) is 0 Å². The zero-order chi connectivity index (χ0) is 43.9. The number of hydrogen-bond acceptors (Lipinski definition) is 9. The van der Waals surface area contributed by atoms with Gasteiger partial charge in [0.15, 0.2) is 0 Å². The molecular weight excluding hydrogens is 753 g/mol. The van der Waals surface area contributed by atoms with Crippen molar-refractivity contribution in [1.29, 1.82) is 0 Å². The molecule has 9 nitrogen and oxygen atoms in total. The first-order valence-electron chi connectivity index (χ1n) is 21.9. The molecule has 0 bridgehead atoms. The minimum Gasteiger partial charge on any atom is -0.490 e. The molecular formula is C51H72N2O7. The second-order valence-corrected chi connectivity index (χ2v) is 18.7. The van der Waals surface area contributed by atoms with Crippen molar-refractivity contribution in [2.75, 3.05) is 40.9 Å². The summed E-state index contributed by atoms with van der Waals surface area (Å²) >= 11 is 0. The van der Waals surface area contributed by atoms with Gasteiger partial charge in [0, 0.05) is 12.1 Å². The standard InChI is InChI=1S/C26H37NO3.C21H26O2.C4H9NO2/c1-6-29-25(28)18-27(5)17-19-7-8-21-16-24(12-9-20(21)15-19)30-23-13-10-22(11-14-23)26(2,3)4;1-21(2,3)18-7-10-19(11-8-18)23-20-9-6-16-12-15(14-22)4-5-17(16)13-20;1-5-3-4(6)7-2/h7-9,12,15-16,22-23H,6,10-11,13-14,17-18H2,1-5H3;4-6,9,12-14,18-19H,7-8,10-11H2,1-3H3;5H,3H2,1-2H3. The topological polar surface area (TPSA) is 103 Å². The Labute approximate surface area is 359 Å². The van der Waals surface area contributed by atoms with E-state index in [4.69, 9.17) is 14.2 Å². The predicted octanol–water partition coefficient (Wildman–Crippen LogP) is 10.8. The molecule has 1 N–H and O–H groups in total. The summed E-state index contributed by atoms with van der Waals surface area (Å²) in [4.78, 5) is 34.6. The smallest absolute Gasteiger partial charge is 0.320 e. The summed E-state index contributed by atoms with van der Waals surface area (Å²) in [5.41, 5.74) is 2.70. The van der Waals surface area contributed by atoms with Gasteiger partial charge >= 0.3 is 11.9 Å². The molecule has 0 heterocycles. The van der Waals surface area contributed by atoms with Crippen molar-refractivity contribution >= 4 is 39.8 Å². The van der Waals surface area contributed by atoms with E-state index in [1.54, 1.807) is 7.05 Å². The van der Waals surface area contributed by atoms with Gasteiger partial charge in [-0.2, -0.15) is 0 Å². The maximum Gasteiger partial charge on any atom is 0.320 e. The Morgan fingerprint density at radius 1 is 0.683 bits per heavy atom. The van der Waals surface area contributed by atoms with E-state index in [1.807, 2.05) is 49.2 Å². The molecule has 0 aliphatic heterocycles. The Kier molecular flexibility index (Phi) is 18.4. The molecule has 0 radical (unpaired) electrons. The zero-order valence-electron chi connectivity index (χ0n) is 38.1. The molecule has 328 valence electrons. The summed E-state index contributed by atoms with van der Waals surface area (Å²) in [7, 11) is 4.99. The zero-order valence-corrected chi connectivity index (χ0v) is 38.1. The van der Waals surface area contributed by atoms with Crippen LogP contribution < -0.4 is 14.8 Å². The molecule has 0 saturated heterocycles. The van der Waals surface area contributed by atoms with Gasteiger partial charge in [0.2, 0.25) is 0 Å². The van der Waals surface area contributed by atoms with E-state index in [2.05, 4.69) is 94.1 Å². The summed E-state index contributed by atoms with van der Waals surface area (Å²) in [6, 6.07) is 24.7. The number of carbonyl (C=O) groups is 3. The van der Waals surface area contributed by atoms with Crippen LogP contribution in [-0.2, 0) is 25.6 Å². The van der Waals surface area contributed by atoms with Crippen molar-refractivity contribution in [2.45, 2.75) is 119 Å². The number of aldehydes is 1. The summed E-state index contributed by atoms with van der Waals surface area (Å²) in [5.74, 6) is 3.10. The lowest BCUT2D eigenvalue weighted by Crippen LogP contribution is -2.30. The third-order valence-corrected chi connectivity index (χ3v) is 12.0. The molecule has 2 aliphatic rings. The van der Waals surface area contributed by atoms with Crippen LogP contribution in [0.2, 0.25) is 0 Å². The van der Waals surface area contributed by atoms with E-state index in [0.717, 1.165) is 66.1 Å². The molecule has 4 aromatic carbocycles. The van der Waals surface area contributed by atoms with Crippen LogP contribution >= 0.6 is 0 Å². The number of esters is 2. The normalized spacial score (nSPS) is 19.3. The lowest BCUT2D eigenvalue weighted by atomic mass is 9.72. The number of methoxy groups -OCH3 is 1. The number of fused-ring (bicyclic) bond motifs is 2. The molecule has 60 heavy (non-hydrogen) atoms. The summed E-state index contributed by atoms with van der Waals surface area (Å²) < 4.78 is 21.9. The monoisotopic (exact) mass is 825 g/mol. The van der Waals surface area contributed by atoms with E-state index < -0.39 is 0 Å². The van der Waals surface area contributed by atoms with Crippen molar-refractivity contribution in [3.05, 3.63) is 83.9 Å². The van der Waals surface area contributed by atoms with Crippen LogP contribution in [0.4, 0.5) is 0 Å². The summed E-state index contributed by atoms with van der Waals surface area (Å²) in [6.45, 7) is 17.6. The van der Waals surface area contributed by atoms with Crippen LogP contribution in [0, 0.1) is 22.7 Å². The third-order valence-electron chi connectivity index (χ3n) is 12.0. The molecule has 0 amide bonds. The molecule has 2 fully saturated rings. The molecule has 0 atom stereocenters. The minimum absolute atomic E-state index is 0.181. The molecule has 2 aliphatic carbocycles. The number of hydrogen-bond donors (Lipinski definition) is 1. The highest BCUT2D eigenvalue weighted by Crippen LogP contribution is 2.40. The second-order valence-electron chi connectivity index (χ2n) is 18.7. The first kappa shape index (κ1) is 48.2. The van der Waals surface area contributed by atoms with Crippen LogP contribution in [-0.4, -0.2) is 76.2 Å². The molecule has 4 aromatic rings. The largest absolute Gasteiger partial charge is 0.490 e. The Balaban J connectivity index is 0.000000234. The Morgan fingerprint density at radius 2 is 1.15 bits per heavy atom. The van der Waals surface area contributed by atoms with Crippen molar-refractivity contribution in [3.8, 4) is 11.5 Å². The van der Waals surface area contributed by atoms with E-state index >= 15 is 0 Å². The van der Waals surface area contributed by atoms with Crippen LogP contribution in [0.25, 0.3) is 21.5 Å². The Morgan fingerprint density at radius 3 is 1.58 bits per heavy atom.